The molecule has 0 aromatic heterocycles. The topological polar surface area (TPSA) is 149 Å². The molecule has 0 spiro atoms. The highest BCUT2D eigenvalue weighted by Crippen LogP contribution is 2.38. The van der Waals surface area contributed by atoms with Crippen LogP contribution >= 0.6 is 0 Å². The van der Waals surface area contributed by atoms with Crippen LogP contribution in [0.5, 0.6) is 5.75 Å². The molecule has 0 bridgehead atoms. The van der Waals surface area contributed by atoms with Crippen molar-refractivity contribution in [1.82, 2.24) is 10.2 Å². The summed E-state index contributed by atoms with van der Waals surface area (Å²) in [5.74, 6) is -1.17. The third kappa shape index (κ3) is 6.12. The smallest absolute Gasteiger partial charge is 0.408 e. The monoisotopic (exact) mass is 535 g/mol. The van der Waals surface area contributed by atoms with Crippen molar-refractivity contribution in [3.05, 3.63) is 65.7 Å². The molecule has 2 aliphatic rings. The number of nitrogens with one attached hydrogen (secondary N) is 2. The second-order valence-corrected chi connectivity index (χ2v) is 10.7. The van der Waals surface area contributed by atoms with E-state index in [-0.39, 0.29) is 26.2 Å². The summed E-state index contributed by atoms with van der Waals surface area (Å²) in [6.07, 6.45) is 1.48. The summed E-state index contributed by atoms with van der Waals surface area (Å²) >= 11 is 0. The Kier molecular flexibility index (Phi) is 8.06. The van der Waals surface area contributed by atoms with Crippen LogP contribution < -0.4 is 10.1 Å². The predicted octanol–water partition coefficient (Wildman–Crippen LogP) is 3.21. The molecule has 2 aromatic rings. The van der Waals surface area contributed by atoms with E-state index in [1.165, 1.54) is 0 Å². The molecule has 2 amide bonds. The number of likely N-dealkylation sites (tertiary alicyclic amines) is 1. The Morgan fingerprint density at radius 3 is 2.44 bits per heavy atom. The van der Waals surface area contributed by atoms with Gasteiger partial charge in [-0.05, 0) is 46.9 Å². The van der Waals surface area contributed by atoms with Gasteiger partial charge in [0.05, 0.1) is 11.8 Å². The SMILES string of the molecule is CC(C)(C)[C@H](NC(=O)OCC=CCOc1ccc2c(c1)C(=N)c1ccccc1-2)C(=O)N1C[C@H](O)C[C@H]1C(=O)O. The van der Waals surface area contributed by atoms with Crippen molar-refractivity contribution in [1.29, 1.82) is 5.41 Å². The number of benzene rings is 2. The first kappa shape index (κ1) is 27.8. The lowest BCUT2D eigenvalue weighted by Gasteiger charge is -2.34. The van der Waals surface area contributed by atoms with Crippen molar-refractivity contribution in [3.63, 3.8) is 0 Å². The Balaban J connectivity index is 1.27. The summed E-state index contributed by atoms with van der Waals surface area (Å²) in [5.41, 5.74) is 3.49. The predicted molar refractivity (Wildman–Crippen MR) is 144 cm³/mol. The fourth-order valence-electron chi connectivity index (χ4n) is 4.81. The second-order valence-electron chi connectivity index (χ2n) is 10.7. The van der Waals surface area contributed by atoms with Gasteiger partial charge in [-0.15, -0.1) is 0 Å². The number of aliphatic carboxylic acids is 1. The van der Waals surface area contributed by atoms with Crippen LogP contribution in [0.15, 0.2) is 54.6 Å². The van der Waals surface area contributed by atoms with E-state index in [2.05, 4.69) is 5.32 Å². The number of alkyl carbamates (subject to hydrolysis) is 1. The molecule has 1 aliphatic carbocycles. The van der Waals surface area contributed by atoms with Gasteiger partial charge in [-0.1, -0.05) is 45.0 Å². The minimum atomic E-state index is -1.20. The molecule has 206 valence electrons. The first-order valence-corrected chi connectivity index (χ1v) is 12.7. The summed E-state index contributed by atoms with van der Waals surface area (Å²) in [6.45, 7) is 5.28. The Morgan fingerprint density at radius 1 is 1.08 bits per heavy atom. The number of hydrogen-bond acceptors (Lipinski definition) is 7. The Morgan fingerprint density at radius 2 is 1.74 bits per heavy atom. The van der Waals surface area contributed by atoms with Gasteiger partial charge in [-0.2, -0.15) is 0 Å². The van der Waals surface area contributed by atoms with Crippen molar-refractivity contribution in [3.8, 4) is 16.9 Å². The molecular formula is C29H33N3O7. The highest BCUT2D eigenvalue weighted by atomic mass is 16.5. The van der Waals surface area contributed by atoms with Crippen LogP contribution in [0, 0.1) is 10.8 Å². The number of rotatable bonds is 8. The number of carboxylic acid groups (broad SMARTS) is 1. The van der Waals surface area contributed by atoms with E-state index in [1.54, 1.807) is 32.9 Å². The fraction of sp³-hybridized carbons (Fsp3) is 0.379. The van der Waals surface area contributed by atoms with Gasteiger partial charge in [-0.25, -0.2) is 9.59 Å². The Hall–Kier alpha value is -4.18. The maximum absolute atomic E-state index is 13.1. The fourth-order valence-corrected chi connectivity index (χ4v) is 4.81. The van der Waals surface area contributed by atoms with Gasteiger partial charge >= 0.3 is 12.1 Å². The summed E-state index contributed by atoms with van der Waals surface area (Å²) in [7, 11) is 0. The molecular weight excluding hydrogens is 502 g/mol. The first-order valence-electron chi connectivity index (χ1n) is 12.7. The van der Waals surface area contributed by atoms with Crippen LogP contribution in [0.2, 0.25) is 0 Å². The zero-order chi connectivity index (χ0) is 28.3. The van der Waals surface area contributed by atoms with Gasteiger partial charge in [0.2, 0.25) is 5.91 Å². The molecule has 4 rings (SSSR count). The highest BCUT2D eigenvalue weighted by molar-refractivity contribution is 6.23. The molecule has 10 nitrogen and oxygen atoms in total. The number of carbonyl (C=O) groups excluding carboxylic acids is 2. The van der Waals surface area contributed by atoms with E-state index in [9.17, 15) is 24.6 Å². The Labute approximate surface area is 226 Å². The van der Waals surface area contributed by atoms with E-state index in [0.29, 0.717) is 11.5 Å². The molecule has 0 unspecified atom stereocenters. The number of carbonyl (C=O) groups is 3. The van der Waals surface area contributed by atoms with Gasteiger partial charge in [0.1, 0.15) is 31.0 Å². The molecule has 1 aliphatic heterocycles. The lowest BCUT2D eigenvalue weighted by atomic mass is 9.85. The highest BCUT2D eigenvalue weighted by Gasteiger charge is 2.44. The van der Waals surface area contributed by atoms with E-state index >= 15 is 0 Å². The lowest BCUT2D eigenvalue weighted by molar-refractivity contribution is -0.150. The number of amides is 2. The average Bonchev–Trinajstić information content (AvgIpc) is 3.42. The van der Waals surface area contributed by atoms with Gasteiger partial charge < -0.3 is 29.9 Å². The van der Waals surface area contributed by atoms with E-state index in [0.717, 1.165) is 27.2 Å². The average molecular weight is 536 g/mol. The zero-order valence-corrected chi connectivity index (χ0v) is 22.1. The summed E-state index contributed by atoms with van der Waals surface area (Å²) < 4.78 is 10.9. The normalized spacial score (nSPS) is 19.0. The van der Waals surface area contributed by atoms with Crippen LogP contribution in [-0.4, -0.2) is 76.7 Å². The second kappa shape index (κ2) is 11.3. The molecule has 1 saturated heterocycles. The molecule has 4 N–H and O–H groups in total. The molecule has 1 heterocycles. The van der Waals surface area contributed by atoms with Crippen molar-refractivity contribution in [2.24, 2.45) is 5.41 Å². The quantitative estimate of drug-likeness (QED) is 0.324. The standard InChI is InChI=1S/C29H33N3O7/c1-29(2,3)25(26(34)32-16-17(33)14-23(32)27(35)36)31-28(37)39-13-7-6-12-38-18-10-11-20-19-8-4-5-9-21(19)24(30)22(20)15-18/h4-11,15,17,23,25,30,33H,12-14,16H2,1-3H3,(H,31,37)(H,35,36)/t17-,23+,25-/m1/s1. The molecule has 10 heteroatoms. The zero-order valence-electron chi connectivity index (χ0n) is 22.1. The van der Waals surface area contributed by atoms with Crippen LogP contribution in [0.25, 0.3) is 11.1 Å². The van der Waals surface area contributed by atoms with Gasteiger partial charge in [0, 0.05) is 24.1 Å². The number of β-amino-alcohol motifs (C(OH)–C–C–N with tert-alkyl or cyclic N) is 1. The van der Waals surface area contributed by atoms with E-state index in [4.69, 9.17) is 14.9 Å². The van der Waals surface area contributed by atoms with Gasteiger partial charge in [-0.3, -0.25) is 10.2 Å². The maximum Gasteiger partial charge on any atom is 0.408 e. The number of ether oxygens (including phenoxy) is 2. The molecule has 1 fully saturated rings. The molecule has 39 heavy (non-hydrogen) atoms. The minimum absolute atomic E-state index is 0.0586. The maximum atomic E-state index is 13.1. The van der Waals surface area contributed by atoms with Crippen LogP contribution in [0.1, 0.15) is 38.3 Å². The first-order chi connectivity index (χ1) is 18.5. The summed E-state index contributed by atoms with van der Waals surface area (Å²) in [5, 5.41) is 30.3. The summed E-state index contributed by atoms with van der Waals surface area (Å²) in [4.78, 5) is 38.2. The van der Waals surface area contributed by atoms with Crippen molar-refractivity contribution >= 4 is 23.7 Å². The van der Waals surface area contributed by atoms with Crippen molar-refractivity contribution < 1.29 is 34.1 Å². The number of aliphatic hydroxyl groups excluding tert-OH is 1. The molecule has 0 radical (unpaired) electrons. The molecule has 2 aromatic carbocycles. The van der Waals surface area contributed by atoms with Crippen LogP contribution in [0.4, 0.5) is 4.79 Å². The number of fused-ring (bicyclic) bond motifs is 3. The van der Waals surface area contributed by atoms with Gasteiger partial charge in [0.15, 0.2) is 0 Å². The minimum Gasteiger partial charge on any atom is -0.490 e. The van der Waals surface area contributed by atoms with E-state index in [1.807, 2.05) is 42.5 Å². The molecule has 3 atom stereocenters. The number of nitrogens with zero attached hydrogens (tertiary/aromatic N) is 1. The number of carboxylic acids is 1. The Bertz CT molecular complexity index is 1310. The summed E-state index contributed by atoms with van der Waals surface area (Å²) in [6, 6.07) is 11.2. The largest absolute Gasteiger partial charge is 0.490 e. The molecule has 0 saturated carbocycles. The van der Waals surface area contributed by atoms with Crippen LogP contribution in [0.3, 0.4) is 0 Å². The third-order valence-electron chi connectivity index (χ3n) is 6.79. The van der Waals surface area contributed by atoms with E-state index < -0.39 is 41.6 Å². The van der Waals surface area contributed by atoms with Crippen molar-refractivity contribution in [2.75, 3.05) is 19.8 Å². The van der Waals surface area contributed by atoms with Crippen LogP contribution in [-0.2, 0) is 14.3 Å². The van der Waals surface area contributed by atoms with Gasteiger partial charge in [0.25, 0.3) is 0 Å². The number of hydrogen-bond donors (Lipinski definition) is 4. The van der Waals surface area contributed by atoms with Crippen molar-refractivity contribution in [2.45, 2.75) is 45.4 Å². The lowest BCUT2D eigenvalue weighted by Crippen LogP contribution is -2.56. The number of aliphatic hydroxyl groups is 1. The third-order valence-corrected chi connectivity index (χ3v) is 6.79.